The molecule has 2 N–H and O–H groups in total. The van der Waals surface area contributed by atoms with E-state index in [9.17, 15) is 14.4 Å². The van der Waals surface area contributed by atoms with Gasteiger partial charge in [0.2, 0.25) is 7.85 Å². The SMILES string of the molecule is BC(=O)N[C@@H](CCC(=O)O)C(=O)OC. The summed E-state index contributed by atoms with van der Waals surface area (Å²) in [6.07, 6.45) is -0.165. The van der Waals surface area contributed by atoms with Gasteiger partial charge in [0.05, 0.1) is 7.11 Å². The Kier molecular flexibility index (Phi) is 5.35. The number of esters is 1. The number of carboxylic acid groups (broad SMARTS) is 1. The molecular formula is C7H12BNO5. The second-order valence-corrected chi connectivity index (χ2v) is 2.71. The van der Waals surface area contributed by atoms with E-state index in [4.69, 9.17) is 5.11 Å². The first-order chi connectivity index (χ1) is 6.47. The Morgan fingerprint density at radius 1 is 1.50 bits per heavy atom. The first kappa shape index (κ1) is 12.5. The molecule has 14 heavy (non-hydrogen) atoms. The number of carboxylic acids is 1. The lowest BCUT2D eigenvalue weighted by molar-refractivity contribution is -0.143. The van der Waals surface area contributed by atoms with Gasteiger partial charge in [-0.15, -0.1) is 0 Å². The van der Waals surface area contributed by atoms with Crippen LogP contribution in [0.2, 0.25) is 0 Å². The molecule has 0 fully saturated rings. The maximum absolute atomic E-state index is 11.0. The second-order valence-electron chi connectivity index (χ2n) is 2.71. The molecule has 0 bridgehead atoms. The van der Waals surface area contributed by atoms with Crippen LogP contribution in [0.5, 0.6) is 0 Å². The average Bonchev–Trinajstić information content (AvgIpc) is 2.10. The number of carbonyl (C=O) groups is 3. The molecule has 0 saturated heterocycles. The zero-order valence-electron chi connectivity index (χ0n) is 8.07. The van der Waals surface area contributed by atoms with Crippen LogP contribution in [0.25, 0.3) is 0 Å². The predicted octanol–water partition coefficient (Wildman–Crippen LogP) is -1.26. The predicted molar refractivity (Wildman–Crippen MR) is 49.7 cm³/mol. The van der Waals surface area contributed by atoms with Gasteiger partial charge in [-0.2, -0.15) is 0 Å². The Hall–Kier alpha value is -1.53. The molecular weight excluding hydrogens is 189 g/mol. The Morgan fingerprint density at radius 3 is 2.43 bits per heavy atom. The van der Waals surface area contributed by atoms with Crippen LogP contribution < -0.4 is 5.32 Å². The van der Waals surface area contributed by atoms with Crippen molar-refractivity contribution in [3.8, 4) is 0 Å². The molecule has 0 aromatic heterocycles. The molecule has 1 atom stereocenters. The fraction of sp³-hybridized carbons (Fsp3) is 0.571. The zero-order chi connectivity index (χ0) is 11.1. The molecule has 0 aliphatic carbocycles. The third-order valence-corrected chi connectivity index (χ3v) is 1.51. The van der Waals surface area contributed by atoms with E-state index in [2.05, 4.69) is 10.1 Å². The number of carbonyl (C=O) groups excluding carboxylic acids is 2. The topological polar surface area (TPSA) is 92.7 Å². The van der Waals surface area contributed by atoms with Gasteiger partial charge in [0.1, 0.15) is 6.04 Å². The third-order valence-electron chi connectivity index (χ3n) is 1.51. The van der Waals surface area contributed by atoms with Crippen LogP contribution in [0.4, 0.5) is 4.79 Å². The molecule has 0 aliphatic rings. The van der Waals surface area contributed by atoms with E-state index in [-0.39, 0.29) is 12.8 Å². The van der Waals surface area contributed by atoms with E-state index in [1.54, 1.807) is 0 Å². The van der Waals surface area contributed by atoms with E-state index < -0.39 is 23.8 Å². The molecule has 0 aromatic carbocycles. The molecule has 1 amide bonds. The van der Waals surface area contributed by atoms with Crippen LogP contribution in [0.1, 0.15) is 12.8 Å². The molecule has 6 nitrogen and oxygen atoms in total. The van der Waals surface area contributed by atoms with Crippen LogP contribution in [-0.2, 0) is 14.3 Å². The minimum atomic E-state index is -1.02. The van der Waals surface area contributed by atoms with Crippen molar-refractivity contribution in [3.63, 3.8) is 0 Å². The first-order valence-electron chi connectivity index (χ1n) is 4.04. The fourth-order valence-corrected chi connectivity index (χ4v) is 0.904. The number of aliphatic carboxylic acids is 1. The highest BCUT2D eigenvalue weighted by molar-refractivity contribution is 6.57. The summed E-state index contributed by atoms with van der Waals surface area (Å²) in [5, 5.41) is 10.7. The molecule has 7 heteroatoms. The van der Waals surface area contributed by atoms with E-state index >= 15 is 0 Å². The summed E-state index contributed by atoms with van der Waals surface area (Å²) in [5.74, 6) is -2.06. The normalized spacial score (nSPS) is 11.5. The number of ether oxygens (including phenoxy) is 1. The lowest BCUT2D eigenvalue weighted by atomic mass is 10.1. The van der Waals surface area contributed by atoms with Crippen molar-refractivity contribution in [2.75, 3.05) is 7.11 Å². The summed E-state index contributed by atoms with van der Waals surface area (Å²) in [7, 11) is 2.43. The van der Waals surface area contributed by atoms with Crippen LogP contribution in [0.3, 0.4) is 0 Å². The molecule has 0 rings (SSSR count). The van der Waals surface area contributed by atoms with Gasteiger partial charge in [-0.1, -0.05) is 0 Å². The highest BCUT2D eigenvalue weighted by Gasteiger charge is 2.20. The van der Waals surface area contributed by atoms with E-state index in [0.29, 0.717) is 0 Å². The lowest BCUT2D eigenvalue weighted by Gasteiger charge is -2.14. The van der Waals surface area contributed by atoms with Crippen molar-refractivity contribution in [1.82, 2.24) is 5.32 Å². The van der Waals surface area contributed by atoms with Crippen LogP contribution in [0, 0.1) is 0 Å². The summed E-state index contributed by atoms with van der Waals surface area (Å²) in [6.45, 7) is 0. The molecule has 0 spiro atoms. The summed E-state index contributed by atoms with van der Waals surface area (Å²) in [4.78, 5) is 31.9. The van der Waals surface area contributed by atoms with Crippen LogP contribution in [-0.4, -0.2) is 43.8 Å². The standard InChI is InChI=1S/C7H12BNO5/c1-14-6(12)4(9-7(8)13)2-3-5(10)11/h4H,2-3,8H2,1H3,(H,9,13)(H,10,11)/t4-/m0/s1. The van der Waals surface area contributed by atoms with Crippen molar-refractivity contribution in [3.05, 3.63) is 0 Å². The molecule has 0 saturated carbocycles. The third kappa shape index (κ3) is 5.18. The van der Waals surface area contributed by atoms with Crippen LogP contribution >= 0.6 is 0 Å². The van der Waals surface area contributed by atoms with E-state index in [1.165, 1.54) is 15.0 Å². The number of amides is 1. The van der Waals surface area contributed by atoms with Gasteiger partial charge in [-0.3, -0.25) is 9.59 Å². The lowest BCUT2D eigenvalue weighted by Crippen LogP contribution is -2.41. The van der Waals surface area contributed by atoms with Gasteiger partial charge in [0, 0.05) is 6.42 Å². The smallest absolute Gasteiger partial charge is 0.328 e. The highest BCUT2D eigenvalue weighted by Crippen LogP contribution is 1.99. The van der Waals surface area contributed by atoms with Gasteiger partial charge >= 0.3 is 11.9 Å². The number of methoxy groups -OCH3 is 1. The summed E-state index contributed by atoms with van der Waals surface area (Å²) >= 11 is 0. The largest absolute Gasteiger partial charge is 0.481 e. The van der Waals surface area contributed by atoms with Crippen LogP contribution in [0.15, 0.2) is 0 Å². The Bertz CT molecular complexity index is 242. The average molecular weight is 201 g/mol. The van der Waals surface area contributed by atoms with E-state index in [0.717, 1.165) is 0 Å². The second kappa shape index (κ2) is 6.01. The van der Waals surface area contributed by atoms with Gasteiger partial charge in [-0.25, -0.2) is 4.79 Å². The van der Waals surface area contributed by atoms with Gasteiger partial charge in [0.15, 0.2) is 5.81 Å². The number of hydrogen-bond acceptors (Lipinski definition) is 4. The Balaban J connectivity index is 4.17. The van der Waals surface area contributed by atoms with E-state index in [1.807, 2.05) is 0 Å². The maximum Gasteiger partial charge on any atom is 0.328 e. The van der Waals surface area contributed by atoms with Crippen molar-refractivity contribution < 1.29 is 24.2 Å². The first-order valence-corrected chi connectivity index (χ1v) is 4.04. The number of nitrogens with one attached hydrogen (secondary N) is 1. The molecule has 0 radical (unpaired) electrons. The van der Waals surface area contributed by atoms with Crippen molar-refractivity contribution in [1.29, 1.82) is 0 Å². The molecule has 0 aliphatic heterocycles. The molecule has 0 unspecified atom stereocenters. The summed E-state index contributed by atoms with van der Waals surface area (Å²) in [6, 6.07) is -0.881. The summed E-state index contributed by atoms with van der Waals surface area (Å²) in [5.41, 5.74) is 0. The fourth-order valence-electron chi connectivity index (χ4n) is 0.904. The van der Waals surface area contributed by atoms with Crippen molar-refractivity contribution >= 4 is 25.6 Å². The highest BCUT2D eigenvalue weighted by atomic mass is 16.5. The minimum Gasteiger partial charge on any atom is -0.481 e. The number of hydrogen-bond donors (Lipinski definition) is 2. The van der Waals surface area contributed by atoms with Gasteiger partial charge in [-0.05, 0) is 6.42 Å². The molecule has 78 valence electrons. The molecule has 0 heterocycles. The number of rotatable bonds is 5. The Labute approximate surface area is 82.0 Å². The quantitative estimate of drug-likeness (QED) is 0.427. The monoisotopic (exact) mass is 201 g/mol. The van der Waals surface area contributed by atoms with Crippen molar-refractivity contribution in [2.45, 2.75) is 18.9 Å². The molecule has 0 aromatic rings. The van der Waals surface area contributed by atoms with Gasteiger partial charge < -0.3 is 15.2 Å². The van der Waals surface area contributed by atoms with Crippen molar-refractivity contribution in [2.24, 2.45) is 0 Å². The van der Waals surface area contributed by atoms with Gasteiger partial charge in [0.25, 0.3) is 0 Å². The summed E-state index contributed by atoms with van der Waals surface area (Å²) < 4.78 is 4.40. The zero-order valence-corrected chi connectivity index (χ0v) is 8.07. The maximum atomic E-state index is 11.0. The minimum absolute atomic E-state index is 0.0294. The Morgan fingerprint density at radius 2 is 2.07 bits per heavy atom.